The molecular formula is C12H11Cl2NS. The van der Waals surface area contributed by atoms with Crippen LogP contribution in [0.2, 0.25) is 10.0 Å². The lowest BCUT2D eigenvalue weighted by Crippen LogP contribution is -2.13. The zero-order valence-electron chi connectivity index (χ0n) is 8.71. The molecule has 0 bridgehead atoms. The van der Waals surface area contributed by atoms with E-state index in [-0.39, 0.29) is 6.04 Å². The van der Waals surface area contributed by atoms with Crippen LogP contribution in [-0.2, 0) is 0 Å². The molecule has 84 valence electrons. The largest absolute Gasteiger partial charge is 0.320 e. The molecule has 0 aliphatic carbocycles. The van der Waals surface area contributed by atoms with Gasteiger partial charge in [0.05, 0.1) is 6.04 Å². The van der Waals surface area contributed by atoms with Gasteiger partial charge in [-0.05, 0) is 36.1 Å². The second-order valence-corrected chi connectivity index (χ2v) is 5.48. The molecule has 1 atom stereocenters. The zero-order valence-corrected chi connectivity index (χ0v) is 11.0. The van der Waals surface area contributed by atoms with Crippen LogP contribution in [0, 0.1) is 6.92 Å². The fraction of sp³-hybridized carbons (Fsp3) is 0.167. The molecule has 0 spiro atoms. The average molecular weight is 272 g/mol. The highest BCUT2D eigenvalue weighted by molar-refractivity contribution is 7.10. The Morgan fingerprint density at radius 3 is 2.31 bits per heavy atom. The Morgan fingerprint density at radius 2 is 1.81 bits per heavy atom. The van der Waals surface area contributed by atoms with E-state index in [2.05, 4.69) is 0 Å². The van der Waals surface area contributed by atoms with Crippen LogP contribution in [0.25, 0.3) is 0 Å². The van der Waals surface area contributed by atoms with Gasteiger partial charge < -0.3 is 5.73 Å². The molecule has 0 radical (unpaired) electrons. The predicted molar refractivity (Wildman–Crippen MR) is 71.5 cm³/mol. The molecule has 1 aromatic heterocycles. The number of hydrogen-bond acceptors (Lipinski definition) is 2. The highest BCUT2D eigenvalue weighted by Crippen LogP contribution is 2.34. The van der Waals surface area contributed by atoms with Gasteiger partial charge in [-0.25, -0.2) is 0 Å². The van der Waals surface area contributed by atoms with E-state index in [9.17, 15) is 0 Å². The molecule has 0 aliphatic heterocycles. The van der Waals surface area contributed by atoms with Gasteiger partial charge in [0.2, 0.25) is 0 Å². The van der Waals surface area contributed by atoms with E-state index < -0.39 is 0 Å². The second-order valence-electron chi connectivity index (χ2n) is 3.55. The molecule has 1 unspecified atom stereocenters. The number of hydrogen-bond donors (Lipinski definition) is 1. The molecule has 2 aromatic rings. The molecule has 0 aliphatic rings. The van der Waals surface area contributed by atoms with Crippen LogP contribution >= 0.6 is 34.5 Å². The molecule has 4 heteroatoms. The van der Waals surface area contributed by atoms with Crippen molar-refractivity contribution in [3.63, 3.8) is 0 Å². The third-order valence-corrected chi connectivity index (χ3v) is 4.07. The summed E-state index contributed by atoms with van der Waals surface area (Å²) in [6, 6.07) is 7.20. The summed E-state index contributed by atoms with van der Waals surface area (Å²) in [6.45, 7) is 2.05. The van der Waals surface area contributed by atoms with Crippen molar-refractivity contribution in [3.8, 4) is 0 Å². The number of aryl methyl sites for hydroxylation is 1. The predicted octanol–water partition coefficient (Wildman–Crippen LogP) is 4.41. The lowest BCUT2D eigenvalue weighted by atomic mass is 10.0. The molecule has 1 aromatic carbocycles. The molecular weight excluding hydrogens is 261 g/mol. The topological polar surface area (TPSA) is 26.0 Å². The van der Waals surface area contributed by atoms with Gasteiger partial charge in [-0.1, -0.05) is 29.3 Å². The Bertz CT molecular complexity index is 487. The maximum Gasteiger partial charge on any atom is 0.0592 e. The maximum atomic E-state index is 6.20. The van der Waals surface area contributed by atoms with Gasteiger partial charge in [-0.3, -0.25) is 0 Å². The van der Waals surface area contributed by atoms with Gasteiger partial charge in [0.1, 0.15) is 0 Å². The van der Waals surface area contributed by atoms with Crippen molar-refractivity contribution in [1.29, 1.82) is 0 Å². The van der Waals surface area contributed by atoms with E-state index >= 15 is 0 Å². The van der Waals surface area contributed by atoms with E-state index in [1.807, 2.05) is 36.6 Å². The lowest BCUT2D eigenvalue weighted by molar-refractivity contribution is 0.870. The fourth-order valence-corrected chi connectivity index (χ4v) is 3.06. The van der Waals surface area contributed by atoms with Crippen LogP contribution in [0.3, 0.4) is 0 Å². The van der Waals surface area contributed by atoms with Gasteiger partial charge in [-0.2, -0.15) is 0 Å². The first-order chi connectivity index (χ1) is 7.61. The lowest BCUT2D eigenvalue weighted by Gasteiger charge is -2.15. The van der Waals surface area contributed by atoms with Crippen LogP contribution in [0.1, 0.15) is 22.0 Å². The summed E-state index contributed by atoms with van der Waals surface area (Å²) in [6.07, 6.45) is 0. The van der Waals surface area contributed by atoms with Crippen molar-refractivity contribution in [1.82, 2.24) is 0 Å². The molecule has 0 saturated heterocycles. The average Bonchev–Trinajstić information content (AvgIpc) is 2.64. The summed E-state index contributed by atoms with van der Waals surface area (Å²) < 4.78 is 0. The van der Waals surface area contributed by atoms with Crippen LogP contribution in [-0.4, -0.2) is 0 Å². The minimum Gasteiger partial charge on any atom is -0.320 e. The Morgan fingerprint density at radius 1 is 1.19 bits per heavy atom. The van der Waals surface area contributed by atoms with E-state index in [0.29, 0.717) is 10.0 Å². The Hall–Kier alpha value is -0.540. The third-order valence-electron chi connectivity index (χ3n) is 2.54. The number of rotatable bonds is 2. The van der Waals surface area contributed by atoms with Crippen LogP contribution in [0.5, 0.6) is 0 Å². The summed E-state index contributed by atoms with van der Waals surface area (Å²) in [7, 11) is 0. The quantitative estimate of drug-likeness (QED) is 0.860. The van der Waals surface area contributed by atoms with Crippen molar-refractivity contribution in [2.45, 2.75) is 13.0 Å². The van der Waals surface area contributed by atoms with Gasteiger partial charge in [0.15, 0.2) is 0 Å². The second kappa shape index (κ2) is 4.76. The normalized spacial score (nSPS) is 12.8. The molecule has 0 amide bonds. The molecule has 2 rings (SSSR count). The SMILES string of the molecule is Cc1sccc1C(N)c1c(Cl)cccc1Cl. The fourth-order valence-electron chi connectivity index (χ4n) is 1.68. The highest BCUT2D eigenvalue weighted by Gasteiger charge is 2.17. The number of thiophene rings is 1. The smallest absolute Gasteiger partial charge is 0.0592 e. The summed E-state index contributed by atoms with van der Waals surface area (Å²) >= 11 is 13.9. The number of benzene rings is 1. The van der Waals surface area contributed by atoms with Crippen LogP contribution < -0.4 is 5.73 Å². The van der Waals surface area contributed by atoms with Crippen molar-refractivity contribution >= 4 is 34.5 Å². The number of halogens is 2. The van der Waals surface area contributed by atoms with E-state index in [1.54, 1.807) is 11.3 Å². The third kappa shape index (κ3) is 2.11. The first kappa shape index (κ1) is 11.9. The monoisotopic (exact) mass is 271 g/mol. The molecule has 16 heavy (non-hydrogen) atoms. The van der Waals surface area contributed by atoms with Crippen molar-refractivity contribution in [2.24, 2.45) is 5.73 Å². The van der Waals surface area contributed by atoms with Gasteiger partial charge in [-0.15, -0.1) is 11.3 Å². The van der Waals surface area contributed by atoms with Crippen molar-refractivity contribution < 1.29 is 0 Å². The highest BCUT2D eigenvalue weighted by atomic mass is 35.5. The van der Waals surface area contributed by atoms with E-state index in [4.69, 9.17) is 28.9 Å². The van der Waals surface area contributed by atoms with Gasteiger partial charge in [0, 0.05) is 20.5 Å². The Kier molecular flexibility index (Phi) is 3.55. The Labute approximate surface area is 109 Å². The van der Waals surface area contributed by atoms with Crippen LogP contribution in [0.4, 0.5) is 0 Å². The maximum absolute atomic E-state index is 6.20. The minimum absolute atomic E-state index is 0.257. The molecule has 1 heterocycles. The molecule has 2 N–H and O–H groups in total. The van der Waals surface area contributed by atoms with Gasteiger partial charge in [0.25, 0.3) is 0 Å². The zero-order chi connectivity index (χ0) is 11.7. The van der Waals surface area contributed by atoms with Crippen molar-refractivity contribution in [2.75, 3.05) is 0 Å². The van der Waals surface area contributed by atoms with E-state index in [0.717, 1.165) is 11.1 Å². The first-order valence-electron chi connectivity index (χ1n) is 4.84. The molecule has 1 nitrogen and oxygen atoms in total. The summed E-state index contributed by atoms with van der Waals surface area (Å²) in [4.78, 5) is 1.20. The van der Waals surface area contributed by atoms with Gasteiger partial charge >= 0.3 is 0 Å². The van der Waals surface area contributed by atoms with Crippen LogP contribution in [0.15, 0.2) is 29.6 Å². The number of nitrogens with two attached hydrogens (primary N) is 1. The summed E-state index contributed by atoms with van der Waals surface area (Å²) in [5.74, 6) is 0. The summed E-state index contributed by atoms with van der Waals surface area (Å²) in [5.41, 5.74) is 8.08. The standard InChI is InChI=1S/C12H11Cl2NS/c1-7-8(5-6-16-7)12(15)11-9(13)3-2-4-10(11)14/h2-6,12H,15H2,1H3. The van der Waals surface area contributed by atoms with Crippen molar-refractivity contribution in [3.05, 3.63) is 55.7 Å². The summed E-state index contributed by atoms with van der Waals surface area (Å²) in [5, 5.41) is 3.26. The first-order valence-corrected chi connectivity index (χ1v) is 6.48. The van der Waals surface area contributed by atoms with E-state index in [1.165, 1.54) is 4.88 Å². The molecule has 0 saturated carbocycles. The molecule has 0 fully saturated rings. The minimum atomic E-state index is -0.257. The Balaban J connectivity index is 2.49.